The Balaban J connectivity index is 1.59. The fraction of sp³-hybridized carbons (Fsp3) is 0.0435. The van der Waals surface area contributed by atoms with Crippen molar-refractivity contribution in [3.8, 4) is 5.75 Å². The molecule has 3 aromatic carbocycles. The maximum Gasteiger partial charge on any atom is 0.363 e. The van der Waals surface area contributed by atoms with Crippen LogP contribution in [0.5, 0.6) is 5.75 Å². The van der Waals surface area contributed by atoms with Crippen molar-refractivity contribution in [2.24, 2.45) is 4.99 Å². The SMILES string of the molecule is O=C1OC(c2cc(I)ccc2Cl)=N/C1=C\c1cc(Br)c(OCc2ccccc2F)c(Br)c1. The molecule has 0 saturated carbocycles. The highest BCUT2D eigenvalue weighted by atomic mass is 127. The lowest BCUT2D eigenvalue weighted by Crippen LogP contribution is -2.06. The molecule has 0 radical (unpaired) electrons. The van der Waals surface area contributed by atoms with Crippen LogP contribution in [0.4, 0.5) is 4.39 Å². The van der Waals surface area contributed by atoms with Gasteiger partial charge >= 0.3 is 5.97 Å². The molecule has 0 amide bonds. The van der Waals surface area contributed by atoms with Crippen LogP contribution in [0.3, 0.4) is 0 Å². The van der Waals surface area contributed by atoms with Crippen LogP contribution in [0.15, 0.2) is 74.2 Å². The van der Waals surface area contributed by atoms with Crippen LogP contribution in [-0.4, -0.2) is 11.9 Å². The standard InChI is InChI=1S/C23H12Br2ClFINO3/c24-16-7-12(8-17(25)21(16)31-11-13-3-1-2-4-19(13)27)9-20-23(30)32-22(29-20)15-10-14(28)5-6-18(15)26/h1-10H,11H2/b20-9-. The lowest BCUT2D eigenvalue weighted by atomic mass is 10.2. The summed E-state index contributed by atoms with van der Waals surface area (Å²) in [5.74, 6) is -0.225. The molecule has 4 nitrogen and oxygen atoms in total. The van der Waals surface area contributed by atoms with Crippen molar-refractivity contribution in [1.29, 1.82) is 0 Å². The average Bonchev–Trinajstić information content (AvgIpc) is 3.10. The van der Waals surface area contributed by atoms with Crippen molar-refractivity contribution in [3.63, 3.8) is 0 Å². The molecule has 0 spiro atoms. The van der Waals surface area contributed by atoms with Crippen LogP contribution in [0, 0.1) is 9.39 Å². The van der Waals surface area contributed by atoms with E-state index in [0.717, 1.165) is 3.57 Å². The molecule has 9 heteroatoms. The third-order valence-corrected chi connectivity index (χ3v) is 6.61. The Morgan fingerprint density at radius 1 is 1.12 bits per heavy atom. The second kappa shape index (κ2) is 10.0. The van der Waals surface area contributed by atoms with E-state index in [0.29, 0.717) is 36.4 Å². The molecule has 1 aliphatic rings. The van der Waals surface area contributed by atoms with E-state index in [1.54, 1.807) is 48.5 Å². The van der Waals surface area contributed by atoms with E-state index in [9.17, 15) is 9.18 Å². The lowest BCUT2D eigenvalue weighted by Gasteiger charge is -2.12. The number of ether oxygens (including phenoxy) is 2. The molecular formula is C23H12Br2ClFINO3. The lowest BCUT2D eigenvalue weighted by molar-refractivity contribution is -0.129. The third kappa shape index (κ3) is 5.24. The van der Waals surface area contributed by atoms with E-state index in [-0.39, 0.29) is 24.0 Å². The van der Waals surface area contributed by atoms with E-state index in [1.165, 1.54) is 6.07 Å². The quantitative estimate of drug-likeness (QED) is 0.158. The van der Waals surface area contributed by atoms with Crippen molar-refractivity contribution in [2.45, 2.75) is 6.61 Å². The summed E-state index contributed by atoms with van der Waals surface area (Å²) in [4.78, 5) is 16.7. The molecule has 1 heterocycles. The van der Waals surface area contributed by atoms with Gasteiger partial charge in [0.15, 0.2) is 5.70 Å². The number of halogens is 5. The Labute approximate surface area is 218 Å². The summed E-state index contributed by atoms with van der Waals surface area (Å²) in [5, 5.41) is 0.444. The summed E-state index contributed by atoms with van der Waals surface area (Å²) in [6, 6.07) is 15.3. The minimum absolute atomic E-state index is 0.0704. The van der Waals surface area contributed by atoms with Crippen LogP contribution >= 0.6 is 66.1 Å². The highest BCUT2D eigenvalue weighted by molar-refractivity contribution is 14.1. The first kappa shape index (κ1) is 23.4. The number of nitrogens with zero attached hydrogens (tertiary/aromatic N) is 1. The first-order valence-electron chi connectivity index (χ1n) is 9.15. The Morgan fingerprint density at radius 2 is 1.84 bits per heavy atom. The fourth-order valence-corrected chi connectivity index (χ4v) is 5.05. The van der Waals surface area contributed by atoms with Gasteiger partial charge in [-0.3, -0.25) is 0 Å². The molecule has 0 aromatic heterocycles. The third-order valence-electron chi connectivity index (χ3n) is 4.43. The minimum Gasteiger partial charge on any atom is -0.486 e. The predicted octanol–water partition coefficient (Wildman–Crippen LogP) is 7.53. The minimum atomic E-state index is -0.568. The number of aliphatic imine (C=N–C) groups is 1. The smallest absolute Gasteiger partial charge is 0.363 e. The van der Waals surface area contributed by atoms with E-state index in [1.807, 2.05) is 6.07 Å². The van der Waals surface area contributed by atoms with Crippen LogP contribution in [0.25, 0.3) is 6.08 Å². The molecule has 0 unspecified atom stereocenters. The Morgan fingerprint density at radius 3 is 2.56 bits per heavy atom. The fourth-order valence-electron chi connectivity index (χ4n) is 2.91. The molecule has 1 aliphatic heterocycles. The first-order valence-corrected chi connectivity index (χ1v) is 12.2. The second-order valence-electron chi connectivity index (χ2n) is 6.65. The van der Waals surface area contributed by atoms with E-state index in [4.69, 9.17) is 21.1 Å². The summed E-state index contributed by atoms with van der Waals surface area (Å²) in [6.07, 6.45) is 1.60. The molecule has 0 aliphatic carbocycles. The molecule has 0 bridgehead atoms. The van der Waals surface area contributed by atoms with Gasteiger partial charge in [-0.05, 0) is 102 Å². The van der Waals surface area contributed by atoms with Crippen molar-refractivity contribution >= 4 is 84.0 Å². The van der Waals surface area contributed by atoms with Gasteiger partial charge in [-0.25, -0.2) is 14.2 Å². The number of esters is 1. The molecule has 3 aromatic rings. The Kier molecular flexibility index (Phi) is 7.34. The first-order chi connectivity index (χ1) is 15.3. The molecule has 162 valence electrons. The number of rotatable bonds is 5. The van der Waals surface area contributed by atoms with E-state index >= 15 is 0 Å². The molecule has 0 saturated heterocycles. The predicted molar refractivity (Wildman–Crippen MR) is 137 cm³/mol. The number of carbonyl (C=O) groups excluding carboxylic acids is 1. The van der Waals surface area contributed by atoms with Gasteiger partial charge in [0.25, 0.3) is 0 Å². The summed E-state index contributed by atoms with van der Waals surface area (Å²) in [7, 11) is 0. The number of hydrogen-bond acceptors (Lipinski definition) is 4. The topological polar surface area (TPSA) is 47.9 Å². The molecule has 32 heavy (non-hydrogen) atoms. The molecule has 4 rings (SSSR count). The zero-order valence-corrected chi connectivity index (χ0v) is 22.1. The number of benzene rings is 3. The van der Waals surface area contributed by atoms with Gasteiger partial charge in [0.2, 0.25) is 5.90 Å². The number of cyclic esters (lactones) is 1. The van der Waals surface area contributed by atoms with Crippen LogP contribution in [0.1, 0.15) is 16.7 Å². The largest absolute Gasteiger partial charge is 0.486 e. The van der Waals surface area contributed by atoms with Gasteiger partial charge in [-0.2, -0.15) is 0 Å². The second-order valence-corrected chi connectivity index (χ2v) is 10.0. The van der Waals surface area contributed by atoms with Crippen LogP contribution in [-0.2, 0) is 16.1 Å². The summed E-state index contributed by atoms with van der Waals surface area (Å²) < 4.78 is 27.2. The van der Waals surface area contributed by atoms with Crippen molar-refractivity contribution in [1.82, 2.24) is 0 Å². The molecular weight excluding hydrogens is 679 g/mol. The average molecular weight is 692 g/mol. The van der Waals surface area contributed by atoms with Crippen LogP contribution in [0.2, 0.25) is 5.02 Å². The van der Waals surface area contributed by atoms with Crippen molar-refractivity contribution < 1.29 is 18.7 Å². The molecule has 0 N–H and O–H groups in total. The zero-order valence-electron chi connectivity index (χ0n) is 16.0. The van der Waals surface area contributed by atoms with E-state index < -0.39 is 5.97 Å². The summed E-state index contributed by atoms with van der Waals surface area (Å²) in [6.45, 7) is 0.0704. The Hall–Kier alpha value is -1.75. The highest BCUT2D eigenvalue weighted by Gasteiger charge is 2.26. The Bertz CT molecular complexity index is 1270. The van der Waals surface area contributed by atoms with Crippen LogP contribution < -0.4 is 4.74 Å². The number of carbonyl (C=O) groups is 1. The highest BCUT2D eigenvalue weighted by Crippen LogP contribution is 2.36. The normalized spacial score (nSPS) is 14.5. The summed E-state index contributed by atoms with van der Waals surface area (Å²) in [5.41, 5.74) is 1.83. The maximum atomic E-state index is 13.8. The summed E-state index contributed by atoms with van der Waals surface area (Å²) >= 11 is 15.3. The van der Waals surface area contributed by atoms with E-state index in [2.05, 4.69) is 59.4 Å². The van der Waals surface area contributed by atoms with Gasteiger partial charge in [0.05, 0.1) is 19.5 Å². The van der Waals surface area contributed by atoms with Gasteiger partial charge in [-0.15, -0.1) is 0 Å². The maximum absolute atomic E-state index is 13.8. The van der Waals surface area contributed by atoms with Gasteiger partial charge in [0.1, 0.15) is 18.2 Å². The monoisotopic (exact) mass is 689 g/mol. The van der Waals surface area contributed by atoms with Gasteiger partial charge in [-0.1, -0.05) is 29.8 Å². The van der Waals surface area contributed by atoms with Crippen molar-refractivity contribution in [2.75, 3.05) is 0 Å². The van der Waals surface area contributed by atoms with Crippen molar-refractivity contribution in [3.05, 3.63) is 100 Å². The van der Waals surface area contributed by atoms with Gasteiger partial charge in [0, 0.05) is 9.13 Å². The zero-order chi connectivity index (χ0) is 22.8. The molecule has 0 fully saturated rings. The number of hydrogen-bond donors (Lipinski definition) is 0. The van der Waals surface area contributed by atoms with Gasteiger partial charge < -0.3 is 9.47 Å². The molecule has 0 atom stereocenters.